The Kier molecular flexibility index (Phi) is 7.82. The second-order valence-electron chi connectivity index (χ2n) is 6.20. The Morgan fingerprint density at radius 2 is 1.50 bits per heavy atom. The van der Waals surface area contributed by atoms with E-state index < -0.39 is 24.0 Å². The molecule has 0 spiro atoms. The van der Waals surface area contributed by atoms with Crippen LogP contribution >= 0.6 is 0 Å². The van der Waals surface area contributed by atoms with Gasteiger partial charge < -0.3 is 15.6 Å². The highest BCUT2D eigenvalue weighted by molar-refractivity contribution is 5.73. The second kappa shape index (κ2) is 10.1. The van der Waals surface area contributed by atoms with Crippen molar-refractivity contribution >= 4 is 5.97 Å². The van der Waals surface area contributed by atoms with Crippen molar-refractivity contribution in [1.29, 1.82) is 0 Å². The molecule has 170 valence electrons. The summed E-state index contributed by atoms with van der Waals surface area (Å²) in [5.41, 5.74) is 6.62. The normalized spacial score (nSPS) is 11.3. The second-order valence-corrected chi connectivity index (χ2v) is 6.20. The number of aliphatic carboxylic acids is 1. The minimum Gasteiger partial charge on any atom is -0.475 e. The van der Waals surface area contributed by atoms with Crippen LogP contribution < -0.4 is 10.5 Å². The summed E-state index contributed by atoms with van der Waals surface area (Å²) in [6, 6.07) is 19.0. The first-order valence-electron chi connectivity index (χ1n) is 8.82. The van der Waals surface area contributed by atoms with Gasteiger partial charge in [0.25, 0.3) is 0 Å². The summed E-state index contributed by atoms with van der Waals surface area (Å²) in [6.45, 7) is -0.0357. The quantitative estimate of drug-likeness (QED) is 0.494. The van der Waals surface area contributed by atoms with E-state index >= 15 is 0 Å². The van der Waals surface area contributed by atoms with Crippen molar-refractivity contribution in [3.05, 3.63) is 78.0 Å². The Morgan fingerprint density at radius 3 is 2.03 bits per heavy atom. The van der Waals surface area contributed by atoms with E-state index in [4.69, 9.17) is 20.4 Å². The van der Waals surface area contributed by atoms with Gasteiger partial charge in [-0.25, -0.2) is 9.78 Å². The van der Waals surface area contributed by atoms with Crippen LogP contribution in [0.1, 0.15) is 11.3 Å². The molecule has 1 aromatic heterocycles. The minimum absolute atomic E-state index is 0.0357. The molecule has 2 aromatic carbocycles. The number of carboxylic acid groups (broad SMARTS) is 1. The predicted octanol–water partition coefficient (Wildman–Crippen LogP) is 5.65. The third-order valence-electron chi connectivity index (χ3n) is 3.79. The van der Waals surface area contributed by atoms with Crippen LogP contribution in [0.4, 0.5) is 26.3 Å². The summed E-state index contributed by atoms with van der Waals surface area (Å²) in [5.74, 6) is -2.50. The summed E-state index contributed by atoms with van der Waals surface area (Å²) in [4.78, 5) is 12.4. The van der Waals surface area contributed by atoms with Gasteiger partial charge in [-0.1, -0.05) is 42.5 Å². The van der Waals surface area contributed by atoms with Gasteiger partial charge in [-0.3, -0.25) is 0 Å². The molecule has 1 heterocycles. The van der Waals surface area contributed by atoms with E-state index in [2.05, 4.69) is 4.98 Å². The number of pyridine rings is 1. The number of halogens is 6. The lowest BCUT2D eigenvalue weighted by Crippen LogP contribution is -2.21. The number of hydrogen-bond donors (Lipinski definition) is 2. The molecule has 0 aliphatic heterocycles. The van der Waals surface area contributed by atoms with Gasteiger partial charge in [-0.05, 0) is 34.9 Å². The Balaban J connectivity index is 0.000000451. The van der Waals surface area contributed by atoms with E-state index in [0.29, 0.717) is 11.3 Å². The molecule has 0 saturated carbocycles. The SMILES string of the molecule is NCc1cc(Oc2cccc(-c3ccccc3)c2)nc(C(F)(F)F)c1.O=C(O)C(F)(F)F. The molecular formula is C21H16F6N2O3. The number of carboxylic acids is 1. The minimum atomic E-state index is -5.08. The number of ether oxygens (including phenoxy) is 1. The number of nitrogens with zero attached hydrogens (tertiary/aromatic N) is 1. The van der Waals surface area contributed by atoms with Crippen molar-refractivity contribution in [2.45, 2.75) is 18.9 Å². The number of carbonyl (C=O) groups is 1. The van der Waals surface area contributed by atoms with Crippen LogP contribution in [0.3, 0.4) is 0 Å². The van der Waals surface area contributed by atoms with E-state index in [9.17, 15) is 26.3 Å². The van der Waals surface area contributed by atoms with Gasteiger partial charge in [-0.2, -0.15) is 26.3 Å². The zero-order valence-corrected chi connectivity index (χ0v) is 16.1. The average Bonchev–Trinajstić information content (AvgIpc) is 2.73. The number of benzene rings is 2. The van der Waals surface area contributed by atoms with Gasteiger partial charge in [0.05, 0.1) is 0 Å². The lowest BCUT2D eigenvalue weighted by atomic mass is 10.1. The van der Waals surface area contributed by atoms with Gasteiger partial charge in [0.2, 0.25) is 5.88 Å². The predicted molar refractivity (Wildman–Crippen MR) is 103 cm³/mol. The van der Waals surface area contributed by atoms with Crippen LogP contribution in [0, 0.1) is 0 Å². The first-order valence-corrected chi connectivity index (χ1v) is 8.82. The summed E-state index contributed by atoms with van der Waals surface area (Å²) in [7, 11) is 0. The molecule has 0 fully saturated rings. The van der Waals surface area contributed by atoms with E-state index in [1.807, 2.05) is 36.4 Å². The standard InChI is InChI=1S/C19H15F3N2O.C2HF3O2/c20-19(21,22)17-9-13(12-23)10-18(24-17)25-16-8-4-7-15(11-16)14-5-2-1-3-6-14;3-2(4,5)1(6)7/h1-11H,12,23H2;(H,6,7). The van der Waals surface area contributed by atoms with Crippen molar-refractivity contribution in [3.63, 3.8) is 0 Å². The first kappa shape index (κ1) is 24.7. The fourth-order valence-corrected chi connectivity index (χ4v) is 2.36. The summed E-state index contributed by atoms with van der Waals surface area (Å²) < 4.78 is 76.1. The van der Waals surface area contributed by atoms with Crippen molar-refractivity contribution in [3.8, 4) is 22.8 Å². The molecule has 5 nitrogen and oxygen atoms in total. The highest BCUT2D eigenvalue weighted by Gasteiger charge is 2.38. The molecule has 3 rings (SSSR count). The van der Waals surface area contributed by atoms with E-state index in [1.165, 1.54) is 6.07 Å². The molecule has 0 aliphatic rings. The van der Waals surface area contributed by atoms with Gasteiger partial charge in [0.15, 0.2) is 0 Å². The highest BCUT2D eigenvalue weighted by Crippen LogP contribution is 2.32. The molecule has 11 heteroatoms. The summed E-state index contributed by atoms with van der Waals surface area (Å²) in [6.07, 6.45) is -9.64. The summed E-state index contributed by atoms with van der Waals surface area (Å²) in [5, 5.41) is 7.12. The van der Waals surface area contributed by atoms with Crippen molar-refractivity contribution < 1.29 is 41.0 Å². The largest absolute Gasteiger partial charge is 0.490 e. The molecule has 0 saturated heterocycles. The Morgan fingerprint density at radius 1 is 0.906 bits per heavy atom. The topological polar surface area (TPSA) is 85.4 Å². The van der Waals surface area contributed by atoms with E-state index in [-0.39, 0.29) is 12.4 Å². The third-order valence-corrected chi connectivity index (χ3v) is 3.79. The average molecular weight is 458 g/mol. The molecule has 0 unspecified atom stereocenters. The maximum Gasteiger partial charge on any atom is 0.490 e. The van der Waals surface area contributed by atoms with Gasteiger partial charge >= 0.3 is 18.3 Å². The molecule has 32 heavy (non-hydrogen) atoms. The molecular weight excluding hydrogens is 442 g/mol. The van der Waals surface area contributed by atoms with Crippen molar-refractivity contribution in [1.82, 2.24) is 4.98 Å². The maximum absolute atomic E-state index is 12.9. The molecule has 0 radical (unpaired) electrons. The fourth-order valence-electron chi connectivity index (χ4n) is 2.36. The number of nitrogens with two attached hydrogens (primary N) is 1. The zero-order chi connectivity index (χ0) is 23.9. The third kappa shape index (κ3) is 7.27. The molecule has 0 atom stereocenters. The van der Waals surface area contributed by atoms with Gasteiger partial charge in [0, 0.05) is 12.6 Å². The molecule has 3 N–H and O–H groups in total. The van der Waals surface area contributed by atoms with Crippen LogP contribution in [0.15, 0.2) is 66.7 Å². The number of rotatable bonds is 4. The van der Waals surface area contributed by atoms with Crippen LogP contribution in [0.25, 0.3) is 11.1 Å². The molecule has 3 aromatic rings. The smallest absolute Gasteiger partial charge is 0.475 e. The van der Waals surface area contributed by atoms with Crippen molar-refractivity contribution in [2.75, 3.05) is 0 Å². The van der Waals surface area contributed by atoms with Crippen LogP contribution in [0.2, 0.25) is 0 Å². The van der Waals surface area contributed by atoms with Crippen molar-refractivity contribution in [2.24, 2.45) is 5.73 Å². The number of aromatic nitrogens is 1. The zero-order valence-electron chi connectivity index (χ0n) is 16.1. The monoisotopic (exact) mass is 458 g/mol. The molecule has 0 bridgehead atoms. The van der Waals surface area contributed by atoms with E-state index in [1.54, 1.807) is 18.2 Å². The Bertz CT molecular complexity index is 1050. The Hall–Kier alpha value is -3.60. The highest BCUT2D eigenvalue weighted by atomic mass is 19.4. The van der Waals surface area contributed by atoms with Crippen LogP contribution in [0.5, 0.6) is 11.6 Å². The molecule has 0 amide bonds. The fraction of sp³-hybridized carbons (Fsp3) is 0.143. The van der Waals surface area contributed by atoms with Crippen LogP contribution in [-0.2, 0) is 17.5 Å². The maximum atomic E-state index is 12.9. The molecule has 0 aliphatic carbocycles. The van der Waals surface area contributed by atoms with Gasteiger partial charge in [0.1, 0.15) is 11.4 Å². The lowest BCUT2D eigenvalue weighted by molar-refractivity contribution is -0.192. The summed E-state index contributed by atoms with van der Waals surface area (Å²) >= 11 is 0. The number of hydrogen-bond acceptors (Lipinski definition) is 4. The van der Waals surface area contributed by atoms with E-state index in [0.717, 1.165) is 17.2 Å². The Labute approximate surface area is 178 Å². The van der Waals surface area contributed by atoms with Crippen LogP contribution in [-0.4, -0.2) is 22.2 Å². The lowest BCUT2D eigenvalue weighted by Gasteiger charge is -2.12. The van der Waals surface area contributed by atoms with Gasteiger partial charge in [-0.15, -0.1) is 0 Å². The number of alkyl halides is 6. The first-order chi connectivity index (χ1) is 14.9.